The van der Waals surface area contributed by atoms with E-state index in [0.29, 0.717) is 77.4 Å². The molecule has 474 valence electrons. The zero-order valence-electron chi connectivity index (χ0n) is 52.5. The first-order valence-corrected chi connectivity index (χ1v) is 31.5. The van der Waals surface area contributed by atoms with E-state index in [9.17, 15) is 28.8 Å². The van der Waals surface area contributed by atoms with Crippen LogP contribution in [-0.2, 0) is 43.0 Å². The number of ether oxygens (including phenoxy) is 3. The van der Waals surface area contributed by atoms with Crippen LogP contribution in [0.5, 0.6) is 0 Å². The number of rotatable bonds is 3. The van der Waals surface area contributed by atoms with Crippen molar-refractivity contribution in [3.05, 3.63) is 179 Å². The summed E-state index contributed by atoms with van der Waals surface area (Å²) in [5.41, 5.74) is 4.96. The summed E-state index contributed by atoms with van der Waals surface area (Å²) in [6.07, 6.45) is 15.0. The van der Waals surface area contributed by atoms with Gasteiger partial charge in [-0.25, -0.2) is 14.4 Å². The van der Waals surface area contributed by atoms with Crippen LogP contribution in [0, 0.1) is 0 Å². The molecule has 18 nitrogen and oxygen atoms in total. The van der Waals surface area contributed by atoms with Gasteiger partial charge in [-0.15, -0.1) is 0 Å². The third-order valence-electron chi connectivity index (χ3n) is 16.7. The minimum absolute atomic E-state index is 0.107. The van der Waals surface area contributed by atoms with Gasteiger partial charge in [-0.1, -0.05) is 146 Å². The Morgan fingerprint density at radius 2 is 0.505 bits per heavy atom. The molecule has 0 radical (unpaired) electrons. The van der Waals surface area contributed by atoms with Gasteiger partial charge < -0.3 is 30.2 Å². The summed E-state index contributed by atoms with van der Waals surface area (Å²) in [6.45, 7) is 0.779. The van der Waals surface area contributed by atoms with Crippen molar-refractivity contribution in [3.8, 4) is 0 Å². The van der Waals surface area contributed by atoms with E-state index in [1.807, 2.05) is 146 Å². The number of nitrogens with zero attached hydrogens (tertiary/aromatic N) is 6. The van der Waals surface area contributed by atoms with Crippen molar-refractivity contribution in [1.29, 1.82) is 0 Å². The first-order chi connectivity index (χ1) is 45.6. The number of amides is 3. The normalized spacial score (nSPS) is 17.7. The molecule has 0 saturated heterocycles. The van der Waals surface area contributed by atoms with Gasteiger partial charge in [0.05, 0.1) is 21.3 Å². The Bertz CT molecular complexity index is 3820. The molecule has 0 spiro atoms. The Labute approximate surface area is 539 Å². The van der Waals surface area contributed by atoms with Crippen molar-refractivity contribution in [3.63, 3.8) is 0 Å². The van der Waals surface area contributed by atoms with E-state index in [0.717, 1.165) is 98.0 Å². The van der Waals surface area contributed by atoms with Crippen LogP contribution in [0.25, 0.3) is 64.6 Å². The average Bonchev–Trinajstić information content (AvgIpc) is 0.778. The molecule has 18 heteroatoms. The summed E-state index contributed by atoms with van der Waals surface area (Å²) in [4.78, 5) is 108. The van der Waals surface area contributed by atoms with Crippen LogP contribution < -0.4 is 16.0 Å². The molecule has 9 aromatic carbocycles. The van der Waals surface area contributed by atoms with E-state index in [4.69, 9.17) is 29.2 Å². The van der Waals surface area contributed by atoms with Gasteiger partial charge in [0, 0.05) is 90.3 Å². The summed E-state index contributed by atoms with van der Waals surface area (Å²) >= 11 is 0. The topological polar surface area (TPSA) is 240 Å². The molecular weight excluding hydrogens is 1170 g/mol. The van der Waals surface area contributed by atoms with Gasteiger partial charge in [0.2, 0.25) is 17.7 Å². The van der Waals surface area contributed by atoms with E-state index in [1.54, 1.807) is 37.3 Å². The Balaban J connectivity index is 0.905. The summed E-state index contributed by atoms with van der Waals surface area (Å²) in [5, 5.41) is 19.6. The quantitative estimate of drug-likeness (QED) is 0.0864. The van der Waals surface area contributed by atoms with E-state index in [2.05, 4.69) is 30.9 Å². The third kappa shape index (κ3) is 16.1. The predicted octanol–water partition coefficient (Wildman–Crippen LogP) is 11.0. The minimum atomic E-state index is -0.798. The van der Waals surface area contributed by atoms with Crippen LogP contribution in [0.1, 0.15) is 91.2 Å². The smallest absolute Gasteiger partial charge is 0.330 e. The fourth-order valence-electron chi connectivity index (χ4n) is 12.0. The van der Waals surface area contributed by atoms with Gasteiger partial charge in [-0.3, -0.25) is 44.3 Å². The van der Waals surface area contributed by atoms with Crippen molar-refractivity contribution in [2.75, 3.05) is 60.6 Å². The van der Waals surface area contributed by atoms with Crippen LogP contribution >= 0.6 is 0 Å². The van der Waals surface area contributed by atoms with Crippen LogP contribution in [0.2, 0.25) is 0 Å². The monoisotopic (exact) mass is 1250 g/mol. The molecule has 0 aromatic heterocycles. The highest BCUT2D eigenvalue weighted by molar-refractivity contribution is 6.24. The minimum Gasteiger partial charge on any atom is -0.467 e. The van der Waals surface area contributed by atoms with Crippen LogP contribution in [0.4, 0.5) is 0 Å². The lowest BCUT2D eigenvalue weighted by molar-refractivity contribution is -0.143. The lowest BCUT2D eigenvalue weighted by Crippen LogP contribution is -2.27. The molecule has 0 saturated carbocycles. The van der Waals surface area contributed by atoms with Crippen molar-refractivity contribution < 1.29 is 43.0 Å². The standard InChI is InChI=1S/C75H75N9O9/c1-91-73(88)67-34-16-19-37-79-70(85)46-77-41-62-51-24-6-12-30-57(51)65(58-31-13-7-25-52(58)62)44-83-69(75(90)93-3)36-18-21-39-81-72(87)48-78-42-63-53-26-8-14-32-59(53)66(60-33-15-9-27-54(60)63)45-84-68(74(89)92-2)35-17-20-38-80-71(86)47-76-40-61-49-22-4-10-28-55(49)64(43-82-67)56-29-11-5-23-50(56)61/h4-15,22-33,40-45,67-69H,16-21,34-39,46-48H2,1-3H3,(H,79,85)(H,80,86)(H,81,87)/t67-,68-,69-/m0/s1. The highest BCUT2D eigenvalue weighted by Gasteiger charge is 2.22. The number of fused-ring (bicyclic) bond motifs is 9. The highest BCUT2D eigenvalue weighted by Crippen LogP contribution is 2.35. The molecule has 0 unspecified atom stereocenters. The van der Waals surface area contributed by atoms with E-state index in [1.165, 1.54) is 21.3 Å². The number of nitrogens with one attached hydrogen (secondary N) is 3. The van der Waals surface area contributed by atoms with Crippen LogP contribution in [-0.4, -0.2) is 152 Å². The van der Waals surface area contributed by atoms with Gasteiger partial charge in [-0.05, 0) is 122 Å². The molecular formula is C75H75N9O9. The zero-order valence-corrected chi connectivity index (χ0v) is 52.5. The number of hydrogen-bond acceptors (Lipinski definition) is 15. The molecule has 1 aliphatic rings. The van der Waals surface area contributed by atoms with E-state index in [-0.39, 0.29) is 37.4 Å². The molecule has 3 N–H and O–H groups in total. The molecule has 0 fully saturated rings. The number of aliphatic imine (C=N–C) groups is 6. The lowest BCUT2D eigenvalue weighted by atomic mass is 9.92. The molecule has 1 heterocycles. The first-order valence-electron chi connectivity index (χ1n) is 31.5. The Hall–Kier alpha value is -10.6. The second kappa shape index (κ2) is 32.4. The summed E-state index contributed by atoms with van der Waals surface area (Å²) in [5.74, 6) is -2.17. The molecule has 1 aliphatic heterocycles. The van der Waals surface area contributed by atoms with Gasteiger partial charge >= 0.3 is 17.9 Å². The number of benzene rings is 9. The maximum atomic E-state index is 13.2. The SMILES string of the molecule is COC(=O)[C@@H]1CCCCNC(=O)CN=Cc2c3ccccc3c(c3ccccc23)C=N[C@H](C(=O)OC)CCCCNC(=O)CN=Cc2c3ccccc3c(c3ccccc23)C=N[C@H](C(=O)OC)CCCCNC(=O)CN=Cc2c3ccccc3c(c3ccccc23)C=N1. The van der Waals surface area contributed by atoms with Crippen LogP contribution in [0.15, 0.2) is 176 Å². The second-order valence-electron chi connectivity index (χ2n) is 22.7. The fraction of sp³-hybridized carbons (Fsp3) is 0.280. The zero-order chi connectivity index (χ0) is 64.9. The molecule has 3 atom stereocenters. The summed E-state index contributed by atoms with van der Waals surface area (Å²) in [7, 11) is 4.04. The Kier molecular flexibility index (Phi) is 22.8. The number of esters is 3. The van der Waals surface area contributed by atoms with Crippen LogP contribution in [0.3, 0.4) is 0 Å². The van der Waals surface area contributed by atoms with Gasteiger partial charge in [0.25, 0.3) is 0 Å². The van der Waals surface area contributed by atoms with Gasteiger partial charge in [0.1, 0.15) is 37.8 Å². The molecule has 6 bridgehead atoms. The number of methoxy groups -OCH3 is 3. The van der Waals surface area contributed by atoms with Gasteiger partial charge in [0.15, 0.2) is 0 Å². The summed E-state index contributed by atoms with van der Waals surface area (Å²) < 4.78 is 15.7. The molecule has 3 amide bonds. The highest BCUT2D eigenvalue weighted by atomic mass is 16.5. The molecule has 10 rings (SSSR count). The van der Waals surface area contributed by atoms with Crippen molar-refractivity contribution >= 4 is 138 Å². The van der Waals surface area contributed by atoms with Crippen molar-refractivity contribution in [2.24, 2.45) is 30.0 Å². The van der Waals surface area contributed by atoms with E-state index < -0.39 is 36.0 Å². The number of hydrogen-bond donors (Lipinski definition) is 3. The molecule has 0 aliphatic carbocycles. The van der Waals surface area contributed by atoms with Crippen molar-refractivity contribution in [2.45, 2.75) is 75.9 Å². The maximum absolute atomic E-state index is 13.2. The largest absolute Gasteiger partial charge is 0.467 e. The molecule has 93 heavy (non-hydrogen) atoms. The number of carbonyl (C=O) groups is 6. The first kappa shape index (κ1) is 65.3. The third-order valence-corrected chi connectivity index (χ3v) is 16.7. The maximum Gasteiger partial charge on any atom is 0.330 e. The van der Waals surface area contributed by atoms with Crippen molar-refractivity contribution in [1.82, 2.24) is 16.0 Å². The lowest BCUT2D eigenvalue weighted by Gasteiger charge is -2.14. The number of carbonyl (C=O) groups excluding carboxylic acids is 6. The molecule has 9 aromatic rings. The average molecular weight is 1250 g/mol. The second-order valence-corrected chi connectivity index (χ2v) is 22.7. The Morgan fingerprint density at radius 3 is 0.699 bits per heavy atom. The summed E-state index contributed by atoms with van der Waals surface area (Å²) in [6, 6.07) is 44.9. The Morgan fingerprint density at radius 1 is 0.312 bits per heavy atom. The van der Waals surface area contributed by atoms with E-state index >= 15 is 0 Å². The van der Waals surface area contributed by atoms with Gasteiger partial charge in [-0.2, -0.15) is 0 Å². The predicted molar refractivity (Wildman–Crippen MR) is 373 cm³/mol. The fourth-order valence-corrected chi connectivity index (χ4v) is 12.0.